The molecule has 28 heavy (non-hydrogen) atoms. The van der Waals surface area contributed by atoms with Gasteiger partial charge in [0.25, 0.3) is 0 Å². The lowest BCUT2D eigenvalue weighted by Gasteiger charge is -2.19. The number of carbonyl (C=O) groups is 1. The molecule has 7 heteroatoms. The number of benzene rings is 2. The van der Waals surface area contributed by atoms with Crippen LogP contribution in [0.15, 0.2) is 48.5 Å². The van der Waals surface area contributed by atoms with Crippen LogP contribution in [0.3, 0.4) is 0 Å². The summed E-state index contributed by atoms with van der Waals surface area (Å²) in [5.41, 5.74) is 1.94. The highest BCUT2D eigenvalue weighted by Gasteiger charge is 2.33. The van der Waals surface area contributed by atoms with E-state index in [1.54, 1.807) is 12.0 Å². The maximum atomic E-state index is 12.1. The summed E-state index contributed by atoms with van der Waals surface area (Å²) < 4.78 is 7.13. The van der Waals surface area contributed by atoms with Crippen molar-refractivity contribution < 1.29 is 9.53 Å². The van der Waals surface area contributed by atoms with Gasteiger partial charge < -0.3 is 9.64 Å². The molecule has 3 aromatic rings. The van der Waals surface area contributed by atoms with Gasteiger partial charge in [0.05, 0.1) is 18.8 Å². The number of likely N-dealkylation sites (tertiary alicyclic amines) is 1. The van der Waals surface area contributed by atoms with Crippen molar-refractivity contribution in [3.63, 3.8) is 0 Å². The standard InChI is InChI=1S/C21H21ClN4O2/c1-25-18(10-11-20(25)27)21-23-19(13-14-4-3-5-17(12-14)28-2)24-26(21)16-8-6-15(22)7-9-16/h3-9,12,18H,10-11,13H2,1-2H3/t18-/m0/s1. The van der Waals surface area contributed by atoms with Gasteiger partial charge in [0.15, 0.2) is 11.6 Å². The Kier molecular flexibility index (Phi) is 5.05. The molecule has 1 amide bonds. The predicted molar refractivity (Wildman–Crippen MR) is 107 cm³/mol. The van der Waals surface area contributed by atoms with Crippen LogP contribution in [0.2, 0.25) is 5.02 Å². The molecule has 0 radical (unpaired) electrons. The highest BCUT2D eigenvalue weighted by Crippen LogP contribution is 2.32. The number of carbonyl (C=O) groups excluding carboxylic acids is 1. The Morgan fingerprint density at radius 2 is 2.00 bits per heavy atom. The Hall–Kier alpha value is -2.86. The van der Waals surface area contributed by atoms with E-state index >= 15 is 0 Å². The van der Waals surface area contributed by atoms with E-state index in [2.05, 4.69) is 0 Å². The number of hydrogen-bond acceptors (Lipinski definition) is 4. The molecule has 0 unspecified atom stereocenters. The van der Waals surface area contributed by atoms with Gasteiger partial charge in [-0.25, -0.2) is 9.67 Å². The third-order valence-corrected chi connectivity index (χ3v) is 5.29. The van der Waals surface area contributed by atoms with Gasteiger partial charge in [-0.3, -0.25) is 4.79 Å². The molecule has 1 fully saturated rings. The van der Waals surface area contributed by atoms with Crippen molar-refractivity contribution in [2.24, 2.45) is 0 Å². The summed E-state index contributed by atoms with van der Waals surface area (Å²) in [4.78, 5) is 18.6. The van der Waals surface area contributed by atoms with Crippen LogP contribution in [0.5, 0.6) is 5.75 Å². The molecule has 2 aromatic carbocycles. The lowest BCUT2D eigenvalue weighted by molar-refractivity contribution is -0.127. The van der Waals surface area contributed by atoms with Gasteiger partial charge in [-0.1, -0.05) is 23.7 Å². The molecule has 6 nitrogen and oxygen atoms in total. The zero-order chi connectivity index (χ0) is 19.7. The Bertz CT molecular complexity index is 1000. The minimum Gasteiger partial charge on any atom is -0.497 e. The summed E-state index contributed by atoms with van der Waals surface area (Å²) in [6.45, 7) is 0. The third kappa shape index (κ3) is 3.60. The number of rotatable bonds is 5. The second kappa shape index (κ2) is 7.64. The van der Waals surface area contributed by atoms with E-state index in [9.17, 15) is 4.79 Å². The van der Waals surface area contributed by atoms with Crippen molar-refractivity contribution in [3.05, 3.63) is 70.8 Å². The van der Waals surface area contributed by atoms with Crippen LogP contribution in [0.1, 0.15) is 36.1 Å². The van der Waals surface area contributed by atoms with Crippen LogP contribution in [-0.4, -0.2) is 39.7 Å². The van der Waals surface area contributed by atoms with Crippen LogP contribution in [-0.2, 0) is 11.2 Å². The monoisotopic (exact) mass is 396 g/mol. The van der Waals surface area contributed by atoms with Gasteiger partial charge >= 0.3 is 0 Å². The van der Waals surface area contributed by atoms with Crippen LogP contribution in [0.25, 0.3) is 5.69 Å². The smallest absolute Gasteiger partial charge is 0.223 e. The molecule has 1 aliphatic rings. The second-order valence-corrected chi connectivity index (χ2v) is 7.30. The zero-order valence-corrected chi connectivity index (χ0v) is 16.6. The van der Waals surface area contributed by atoms with E-state index in [1.165, 1.54) is 0 Å². The van der Waals surface area contributed by atoms with Crippen LogP contribution < -0.4 is 4.74 Å². The van der Waals surface area contributed by atoms with Crippen molar-refractivity contribution in [2.75, 3.05) is 14.2 Å². The fourth-order valence-electron chi connectivity index (χ4n) is 3.50. The number of nitrogens with zero attached hydrogens (tertiary/aromatic N) is 4. The molecule has 1 aromatic heterocycles. The SMILES string of the molecule is COc1cccc(Cc2nc([C@@H]3CCC(=O)N3C)n(-c3ccc(Cl)cc3)n2)c1. The number of amides is 1. The Labute approximate surface area is 168 Å². The molecule has 0 bridgehead atoms. The summed E-state index contributed by atoms with van der Waals surface area (Å²) in [6.07, 6.45) is 1.84. The van der Waals surface area contributed by atoms with Gasteiger partial charge in [-0.15, -0.1) is 0 Å². The number of ether oxygens (including phenoxy) is 1. The Morgan fingerprint density at radius 3 is 2.68 bits per heavy atom. The van der Waals surface area contributed by atoms with E-state index in [0.717, 1.165) is 29.2 Å². The predicted octanol–water partition coefficient (Wildman–Crippen LogP) is 3.81. The third-order valence-electron chi connectivity index (χ3n) is 5.03. The molecule has 2 heterocycles. The Balaban J connectivity index is 1.73. The average Bonchev–Trinajstić information content (AvgIpc) is 3.26. The second-order valence-electron chi connectivity index (χ2n) is 6.86. The fourth-order valence-corrected chi connectivity index (χ4v) is 3.63. The molecule has 0 spiro atoms. The summed E-state index contributed by atoms with van der Waals surface area (Å²) in [7, 11) is 3.47. The first kappa shape index (κ1) is 18.5. The minimum absolute atomic E-state index is 0.0882. The summed E-state index contributed by atoms with van der Waals surface area (Å²) in [5.74, 6) is 2.40. The largest absolute Gasteiger partial charge is 0.497 e. The number of halogens is 1. The normalized spacial score (nSPS) is 16.6. The van der Waals surface area contributed by atoms with Gasteiger partial charge in [0, 0.05) is 24.9 Å². The fraction of sp³-hybridized carbons (Fsp3) is 0.286. The maximum Gasteiger partial charge on any atom is 0.223 e. The van der Waals surface area contributed by atoms with Crippen molar-refractivity contribution in [1.29, 1.82) is 0 Å². The highest BCUT2D eigenvalue weighted by atomic mass is 35.5. The topological polar surface area (TPSA) is 60.2 Å². The van der Waals surface area contributed by atoms with Crippen molar-refractivity contribution in [2.45, 2.75) is 25.3 Å². The van der Waals surface area contributed by atoms with Gasteiger partial charge in [0.1, 0.15) is 5.75 Å². The van der Waals surface area contributed by atoms with Gasteiger partial charge in [-0.05, 0) is 48.4 Å². The molecule has 4 rings (SSSR count). The summed E-state index contributed by atoms with van der Waals surface area (Å²) in [6, 6.07) is 15.3. The first-order valence-corrected chi connectivity index (χ1v) is 9.53. The van der Waals surface area contributed by atoms with E-state index in [0.29, 0.717) is 23.7 Å². The van der Waals surface area contributed by atoms with Crippen molar-refractivity contribution in [3.8, 4) is 11.4 Å². The lowest BCUT2D eigenvalue weighted by atomic mass is 10.1. The van der Waals surface area contributed by atoms with Crippen LogP contribution in [0, 0.1) is 0 Å². The lowest BCUT2D eigenvalue weighted by Crippen LogP contribution is -2.25. The number of hydrogen-bond donors (Lipinski definition) is 0. The molecular weight excluding hydrogens is 376 g/mol. The molecule has 0 saturated carbocycles. The summed E-state index contributed by atoms with van der Waals surface area (Å²) >= 11 is 6.04. The molecule has 1 saturated heterocycles. The van der Waals surface area contributed by atoms with Crippen LogP contribution >= 0.6 is 11.6 Å². The van der Waals surface area contributed by atoms with Gasteiger partial charge in [0.2, 0.25) is 5.91 Å². The molecule has 144 valence electrons. The maximum absolute atomic E-state index is 12.1. The summed E-state index contributed by atoms with van der Waals surface area (Å²) in [5, 5.41) is 5.41. The molecule has 0 N–H and O–H groups in total. The average molecular weight is 397 g/mol. The first-order chi connectivity index (χ1) is 13.5. The number of aromatic nitrogens is 3. The van der Waals surface area contributed by atoms with E-state index in [1.807, 2.05) is 60.3 Å². The number of methoxy groups -OCH3 is 1. The quantitative estimate of drug-likeness (QED) is 0.658. The molecule has 1 atom stereocenters. The van der Waals surface area contributed by atoms with E-state index in [4.69, 9.17) is 26.4 Å². The van der Waals surface area contributed by atoms with Crippen LogP contribution in [0.4, 0.5) is 0 Å². The van der Waals surface area contributed by atoms with Crippen molar-refractivity contribution >= 4 is 17.5 Å². The minimum atomic E-state index is -0.0882. The first-order valence-electron chi connectivity index (χ1n) is 9.15. The highest BCUT2D eigenvalue weighted by molar-refractivity contribution is 6.30. The van der Waals surface area contributed by atoms with Gasteiger partial charge in [-0.2, -0.15) is 5.10 Å². The van der Waals surface area contributed by atoms with E-state index < -0.39 is 0 Å². The van der Waals surface area contributed by atoms with Crippen molar-refractivity contribution in [1.82, 2.24) is 19.7 Å². The molecule has 0 aliphatic carbocycles. The van der Waals surface area contributed by atoms with E-state index in [-0.39, 0.29) is 11.9 Å². The Morgan fingerprint density at radius 1 is 1.21 bits per heavy atom. The molecular formula is C21H21ClN4O2. The zero-order valence-electron chi connectivity index (χ0n) is 15.8. The molecule has 1 aliphatic heterocycles.